The van der Waals surface area contributed by atoms with Gasteiger partial charge in [-0.1, -0.05) is 22.5 Å². The quantitative estimate of drug-likeness (QED) is 0.476. The fourth-order valence-corrected chi connectivity index (χ4v) is 1.28. The summed E-state index contributed by atoms with van der Waals surface area (Å²) in [6, 6.07) is 3.73. The van der Waals surface area contributed by atoms with Gasteiger partial charge < -0.3 is 0 Å². The van der Waals surface area contributed by atoms with Crippen molar-refractivity contribution in [3.05, 3.63) is 46.3 Å². The second-order valence-electron chi connectivity index (χ2n) is 2.66. The van der Waals surface area contributed by atoms with Crippen LogP contribution in [0.25, 0.3) is 5.57 Å². The van der Waals surface area contributed by atoms with E-state index >= 15 is 0 Å². The third-order valence-corrected chi connectivity index (χ3v) is 2.39. The van der Waals surface area contributed by atoms with Crippen LogP contribution in [0.5, 0.6) is 0 Å². The molecule has 0 aliphatic heterocycles. The van der Waals surface area contributed by atoms with E-state index < -0.39 is 16.4 Å². The Morgan fingerprint density at radius 2 is 2.29 bits per heavy atom. The van der Waals surface area contributed by atoms with Crippen LogP contribution in [0.3, 0.4) is 0 Å². The Hall–Kier alpha value is -1.23. The number of nitro benzene ring substituents is 1. The Balaban J connectivity index is 3.12. The molecule has 0 saturated carbocycles. The highest BCUT2D eigenvalue weighted by Crippen LogP contribution is 2.22. The number of nitro groups is 1. The first kappa shape index (κ1) is 10.8. The van der Waals surface area contributed by atoms with Crippen molar-refractivity contribution in [2.45, 2.75) is 0 Å². The van der Waals surface area contributed by atoms with E-state index in [4.69, 9.17) is 0 Å². The van der Waals surface area contributed by atoms with Gasteiger partial charge in [-0.25, -0.2) is 0 Å². The van der Waals surface area contributed by atoms with E-state index in [1.165, 1.54) is 6.07 Å². The fourth-order valence-electron chi connectivity index (χ4n) is 0.952. The molecule has 0 spiro atoms. The largest absolute Gasteiger partial charge is 0.304 e. The molecule has 0 amide bonds. The highest BCUT2D eigenvalue weighted by molar-refractivity contribution is 9.09. The summed E-state index contributed by atoms with van der Waals surface area (Å²) in [6.07, 6.45) is 0. The zero-order valence-corrected chi connectivity index (χ0v) is 8.75. The van der Waals surface area contributed by atoms with Crippen LogP contribution < -0.4 is 0 Å². The van der Waals surface area contributed by atoms with Crippen molar-refractivity contribution in [1.29, 1.82) is 0 Å². The molecule has 0 heterocycles. The van der Waals surface area contributed by atoms with Gasteiger partial charge in [-0.05, 0) is 23.3 Å². The summed E-state index contributed by atoms with van der Waals surface area (Å²) in [5.41, 5.74) is 0.722. The molecule has 0 unspecified atom stereocenters. The lowest BCUT2D eigenvalue weighted by molar-refractivity contribution is -0.387. The Bertz CT molecular complexity index is 392. The number of alkyl halides is 1. The lowest BCUT2D eigenvalue weighted by Gasteiger charge is -2.01. The van der Waals surface area contributed by atoms with Crippen LogP contribution in [0.4, 0.5) is 10.1 Å². The second kappa shape index (κ2) is 4.32. The number of halogens is 2. The summed E-state index contributed by atoms with van der Waals surface area (Å²) >= 11 is 3.17. The molecule has 0 aliphatic rings. The van der Waals surface area contributed by atoms with Crippen molar-refractivity contribution in [1.82, 2.24) is 0 Å². The molecule has 14 heavy (non-hydrogen) atoms. The molecule has 0 radical (unpaired) electrons. The van der Waals surface area contributed by atoms with Gasteiger partial charge in [0.15, 0.2) is 0 Å². The predicted octanol–water partition coefficient (Wildman–Crippen LogP) is 3.14. The molecule has 0 aromatic heterocycles. The van der Waals surface area contributed by atoms with Crippen LogP contribution in [-0.2, 0) is 0 Å². The van der Waals surface area contributed by atoms with Crippen molar-refractivity contribution >= 4 is 27.2 Å². The summed E-state index contributed by atoms with van der Waals surface area (Å²) < 4.78 is 13.1. The van der Waals surface area contributed by atoms with Gasteiger partial charge in [-0.15, -0.1) is 0 Å². The molecule has 0 bridgehead atoms. The lowest BCUT2D eigenvalue weighted by atomic mass is 10.1. The molecule has 5 heteroatoms. The number of hydrogen-bond donors (Lipinski definition) is 0. The van der Waals surface area contributed by atoms with Crippen LogP contribution in [-0.4, -0.2) is 10.3 Å². The average Bonchev–Trinajstić information content (AvgIpc) is 2.15. The van der Waals surface area contributed by atoms with Gasteiger partial charge in [0.2, 0.25) is 5.82 Å². The SMILES string of the molecule is C=C(CBr)c1ccc([N+](=O)[O-])c(F)c1. The van der Waals surface area contributed by atoms with Crippen molar-refractivity contribution in [2.24, 2.45) is 0 Å². The molecular weight excluding hydrogens is 253 g/mol. The van der Waals surface area contributed by atoms with Crippen molar-refractivity contribution < 1.29 is 9.31 Å². The monoisotopic (exact) mass is 259 g/mol. The third-order valence-electron chi connectivity index (χ3n) is 1.71. The number of rotatable bonds is 3. The molecule has 0 N–H and O–H groups in total. The summed E-state index contributed by atoms with van der Waals surface area (Å²) in [5, 5.41) is 10.8. The first-order chi connectivity index (χ1) is 6.56. The maximum atomic E-state index is 13.1. The molecule has 1 aromatic rings. The summed E-state index contributed by atoms with van der Waals surface area (Å²) in [5.74, 6) is -0.838. The van der Waals surface area contributed by atoms with Gasteiger partial charge in [0.25, 0.3) is 0 Å². The zero-order chi connectivity index (χ0) is 10.7. The maximum Gasteiger partial charge on any atom is 0.304 e. The van der Waals surface area contributed by atoms with E-state index in [9.17, 15) is 14.5 Å². The van der Waals surface area contributed by atoms with E-state index in [0.717, 1.165) is 12.1 Å². The molecule has 0 fully saturated rings. The van der Waals surface area contributed by atoms with Gasteiger partial charge in [0.05, 0.1) is 4.92 Å². The van der Waals surface area contributed by atoms with Crippen molar-refractivity contribution in [3.8, 4) is 0 Å². The van der Waals surface area contributed by atoms with Crippen LogP contribution in [0, 0.1) is 15.9 Å². The summed E-state index contributed by atoms with van der Waals surface area (Å²) in [7, 11) is 0. The molecule has 0 aliphatic carbocycles. The Labute approximate surface area is 88.5 Å². The van der Waals surface area contributed by atoms with Gasteiger partial charge in [-0.3, -0.25) is 10.1 Å². The van der Waals surface area contributed by atoms with Gasteiger partial charge in [-0.2, -0.15) is 4.39 Å². The van der Waals surface area contributed by atoms with Gasteiger partial charge in [0, 0.05) is 11.4 Å². The molecule has 1 aromatic carbocycles. The van der Waals surface area contributed by atoms with E-state index in [1.807, 2.05) is 0 Å². The highest BCUT2D eigenvalue weighted by atomic mass is 79.9. The smallest absolute Gasteiger partial charge is 0.258 e. The van der Waals surface area contributed by atoms with E-state index in [2.05, 4.69) is 22.5 Å². The number of nitrogens with zero attached hydrogens (tertiary/aromatic N) is 1. The van der Waals surface area contributed by atoms with Gasteiger partial charge >= 0.3 is 5.69 Å². The predicted molar refractivity (Wildman–Crippen MR) is 55.9 cm³/mol. The van der Waals surface area contributed by atoms with Crippen LogP contribution >= 0.6 is 15.9 Å². The Morgan fingerprint density at radius 1 is 1.64 bits per heavy atom. The molecule has 74 valence electrons. The highest BCUT2D eigenvalue weighted by Gasteiger charge is 2.14. The summed E-state index contributed by atoms with van der Waals surface area (Å²) in [4.78, 5) is 9.55. The van der Waals surface area contributed by atoms with Crippen LogP contribution in [0.15, 0.2) is 24.8 Å². The van der Waals surface area contributed by atoms with E-state index in [-0.39, 0.29) is 0 Å². The maximum absolute atomic E-state index is 13.1. The van der Waals surface area contributed by atoms with Gasteiger partial charge in [0.1, 0.15) is 0 Å². The third kappa shape index (κ3) is 2.17. The number of hydrogen-bond acceptors (Lipinski definition) is 2. The Kier molecular flexibility index (Phi) is 3.35. The molecule has 0 saturated heterocycles. The zero-order valence-electron chi connectivity index (χ0n) is 7.17. The van der Waals surface area contributed by atoms with Crippen molar-refractivity contribution in [2.75, 3.05) is 5.33 Å². The standard InChI is InChI=1S/C9H7BrFNO2/c1-6(5-10)7-2-3-9(12(13)14)8(11)4-7/h2-4H,1,5H2. The minimum absolute atomic E-state index is 0.504. The topological polar surface area (TPSA) is 43.1 Å². The van der Waals surface area contributed by atoms with Crippen LogP contribution in [0.1, 0.15) is 5.56 Å². The second-order valence-corrected chi connectivity index (χ2v) is 3.22. The minimum atomic E-state index is -0.838. The first-order valence-corrected chi connectivity index (χ1v) is 4.86. The van der Waals surface area contributed by atoms with Crippen molar-refractivity contribution in [3.63, 3.8) is 0 Å². The van der Waals surface area contributed by atoms with Crippen LogP contribution in [0.2, 0.25) is 0 Å². The number of allylic oxidation sites excluding steroid dienone is 1. The Morgan fingerprint density at radius 3 is 2.71 bits per heavy atom. The first-order valence-electron chi connectivity index (χ1n) is 3.74. The lowest BCUT2D eigenvalue weighted by Crippen LogP contribution is -1.94. The average molecular weight is 260 g/mol. The number of benzene rings is 1. The normalized spacial score (nSPS) is 9.86. The molecule has 1 rings (SSSR count). The van der Waals surface area contributed by atoms with E-state index in [0.29, 0.717) is 16.5 Å². The van der Waals surface area contributed by atoms with E-state index in [1.54, 1.807) is 0 Å². The molecule has 3 nitrogen and oxygen atoms in total. The fraction of sp³-hybridized carbons (Fsp3) is 0.111. The molecular formula is C9H7BrFNO2. The minimum Gasteiger partial charge on any atom is -0.258 e. The summed E-state index contributed by atoms with van der Waals surface area (Å²) in [6.45, 7) is 3.68. The molecule has 0 atom stereocenters.